The molecule has 0 N–H and O–H groups in total. The Morgan fingerprint density at radius 3 is 2.60 bits per heavy atom. The number of aryl methyl sites for hydroxylation is 1. The van der Waals surface area contributed by atoms with Gasteiger partial charge in [-0.1, -0.05) is 0 Å². The van der Waals surface area contributed by atoms with Crippen molar-refractivity contribution in [1.29, 1.82) is 5.26 Å². The lowest BCUT2D eigenvalue weighted by Crippen LogP contribution is -1.99. The molecule has 1 aromatic heterocycles. The lowest BCUT2D eigenvalue weighted by Gasteiger charge is -2.11. The molecular formula is C15H15N3O2. The number of methoxy groups -OCH3 is 2. The van der Waals surface area contributed by atoms with Gasteiger partial charge >= 0.3 is 0 Å². The average Bonchev–Trinajstić information content (AvgIpc) is 2.46. The minimum absolute atomic E-state index is 0.182. The number of rotatable bonds is 4. The quantitative estimate of drug-likeness (QED) is 0.853. The molecule has 1 heterocycles. The molecule has 5 heteroatoms. The van der Waals surface area contributed by atoms with Gasteiger partial charge in [-0.3, -0.25) is 0 Å². The van der Waals surface area contributed by atoms with Crippen LogP contribution < -0.4 is 9.47 Å². The molecule has 2 rings (SSSR count). The Morgan fingerprint density at radius 2 is 1.95 bits per heavy atom. The number of benzene rings is 1. The van der Waals surface area contributed by atoms with Crippen molar-refractivity contribution in [2.24, 2.45) is 0 Å². The van der Waals surface area contributed by atoms with Crippen molar-refractivity contribution in [1.82, 2.24) is 9.97 Å². The fourth-order valence-corrected chi connectivity index (χ4v) is 1.93. The fraction of sp³-hybridized carbons (Fsp3) is 0.267. The molecule has 0 aliphatic carbocycles. The number of ether oxygens (including phenoxy) is 2. The first-order valence-corrected chi connectivity index (χ1v) is 6.12. The van der Waals surface area contributed by atoms with Gasteiger partial charge in [-0.25, -0.2) is 9.97 Å². The Morgan fingerprint density at radius 1 is 1.15 bits per heavy atom. The molecule has 0 fully saturated rings. The van der Waals surface area contributed by atoms with E-state index in [-0.39, 0.29) is 6.42 Å². The van der Waals surface area contributed by atoms with Gasteiger partial charge in [0.2, 0.25) is 0 Å². The van der Waals surface area contributed by atoms with E-state index in [1.54, 1.807) is 14.2 Å². The van der Waals surface area contributed by atoms with E-state index in [1.165, 1.54) is 0 Å². The van der Waals surface area contributed by atoms with Crippen molar-refractivity contribution >= 4 is 0 Å². The Labute approximate surface area is 117 Å². The number of nitriles is 1. The van der Waals surface area contributed by atoms with Crippen LogP contribution in [0.1, 0.15) is 11.5 Å². The predicted molar refractivity (Wildman–Crippen MR) is 74.6 cm³/mol. The normalized spacial score (nSPS) is 9.90. The molecule has 1 aromatic carbocycles. The molecule has 0 amide bonds. The van der Waals surface area contributed by atoms with Crippen LogP contribution >= 0.6 is 0 Å². The molecule has 0 aliphatic rings. The molecule has 0 atom stereocenters. The fourth-order valence-electron chi connectivity index (χ4n) is 1.93. The highest BCUT2D eigenvalue weighted by Gasteiger charge is 2.11. The molecule has 0 spiro atoms. The van der Waals surface area contributed by atoms with Crippen molar-refractivity contribution in [2.75, 3.05) is 14.2 Å². The summed E-state index contributed by atoms with van der Waals surface area (Å²) >= 11 is 0. The maximum atomic E-state index is 8.78. The molecule has 0 radical (unpaired) electrons. The highest BCUT2D eigenvalue weighted by Crippen LogP contribution is 2.32. The number of aromatic nitrogens is 2. The maximum absolute atomic E-state index is 8.78. The van der Waals surface area contributed by atoms with E-state index < -0.39 is 0 Å². The summed E-state index contributed by atoms with van der Waals surface area (Å²) in [5, 5.41) is 8.78. The summed E-state index contributed by atoms with van der Waals surface area (Å²) in [7, 11) is 3.22. The highest BCUT2D eigenvalue weighted by atomic mass is 16.5. The third-order valence-electron chi connectivity index (χ3n) is 2.82. The van der Waals surface area contributed by atoms with Crippen molar-refractivity contribution in [3.8, 4) is 28.8 Å². The highest BCUT2D eigenvalue weighted by molar-refractivity contribution is 5.69. The molecule has 5 nitrogen and oxygen atoms in total. The molecular weight excluding hydrogens is 254 g/mol. The zero-order valence-corrected chi connectivity index (χ0v) is 11.7. The molecule has 0 saturated heterocycles. The summed E-state index contributed by atoms with van der Waals surface area (Å²) in [5.74, 6) is 1.93. The largest absolute Gasteiger partial charge is 0.497 e. The van der Waals surface area contributed by atoms with Crippen LogP contribution in [-0.2, 0) is 6.42 Å². The van der Waals surface area contributed by atoms with E-state index in [0.29, 0.717) is 11.6 Å². The summed E-state index contributed by atoms with van der Waals surface area (Å²) in [4.78, 5) is 8.65. The Kier molecular flexibility index (Phi) is 4.16. The summed E-state index contributed by atoms with van der Waals surface area (Å²) in [6.07, 6.45) is 0.182. The summed E-state index contributed by atoms with van der Waals surface area (Å²) in [6, 6.07) is 9.43. The van der Waals surface area contributed by atoms with Crippen LogP contribution in [0.4, 0.5) is 0 Å². The van der Waals surface area contributed by atoms with Crippen molar-refractivity contribution in [3.63, 3.8) is 0 Å². The first-order valence-electron chi connectivity index (χ1n) is 6.12. The molecule has 2 aromatic rings. The molecule has 0 saturated carbocycles. The van der Waals surface area contributed by atoms with Crippen LogP contribution in [0.3, 0.4) is 0 Å². The predicted octanol–water partition coefficient (Wildman–Crippen LogP) is 2.54. The van der Waals surface area contributed by atoms with Gasteiger partial charge in [0.1, 0.15) is 17.3 Å². The topological polar surface area (TPSA) is 68.0 Å². The summed E-state index contributed by atoms with van der Waals surface area (Å²) in [6.45, 7) is 1.87. The SMILES string of the molecule is COc1ccc(OC)c(-c2cc(C)nc(CC#N)n2)c1. The molecule has 20 heavy (non-hydrogen) atoms. The van der Waals surface area contributed by atoms with Crippen molar-refractivity contribution in [2.45, 2.75) is 13.3 Å². The lowest BCUT2D eigenvalue weighted by molar-refractivity contribution is 0.404. The first-order chi connectivity index (χ1) is 9.67. The van der Waals surface area contributed by atoms with Crippen LogP contribution in [-0.4, -0.2) is 24.2 Å². The second-order valence-electron chi connectivity index (χ2n) is 4.21. The van der Waals surface area contributed by atoms with Crippen LogP contribution in [0, 0.1) is 18.3 Å². The monoisotopic (exact) mass is 269 g/mol. The minimum Gasteiger partial charge on any atom is -0.497 e. The van der Waals surface area contributed by atoms with Crippen molar-refractivity contribution in [3.05, 3.63) is 35.8 Å². The third kappa shape index (κ3) is 2.86. The zero-order valence-electron chi connectivity index (χ0n) is 11.7. The van der Waals surface area contributed by atoms with Crippen LogP contribution in [0.15, 0.2) is 24.3 Å². The lowest BCUT2D eigenvalue weighted by atomic mass is 10.1. The standard InChI is InChI=1S/C15H15N3O2/c1-10-8-13(18-15(17-10)6-7-16)12-9-11(19-2)4-5-14(12)20-3/h4-5,8-9H,6H2,1-3H3. The zero-order chi connectivity index (χ0) is 14.5. The smallest absolute Gasteiger partial charge is 0.143 e. The first kappa shape index (κ1) is 13.8. The number of hydrogen-bond donors (Lipinski definition) is 0. The van der Waals surface area contributed by atoms with Gasteiger partial charge in [0.05, 0.1) is 32.4 Å². The van der Waals surface area contributed by atoms with Gasteiger partial charge in [0, 0.05) is 11.3 Å². The Bertz CT molecular complexity index is 663. The third-order valence-corrected chi connectivity index (χ3v) is 2.82. The van der Waals surface area contributed by atoms with E-state index in [9.17, 15) is 0 Å². The Hall–Kier alpha value is -2.61. The molecule has 0 aliphatic heterocycles. The summed E-state index contributed by atoms with van der Waals surface area (Å²) < 4.78 is 10.6. The van der Waals surface area contributed by atoms with Crippen LogP contribution in [0.5, 0.6) is 11.5 Å². The van der Waals surface area contributed by atoms with Crippen molar-refractivity contribution < 1.29 is 9.47 Å². The van der Waals surface area contributed by atoms with Gasteiger partial charge in [0.15, 0.2) is 0 Å². The number of nitrogens with zero attached hydrogens (tertiary/aromatic N) is 3. The molecule has 102 valence electrons. The average molecular weight is 269 g/mol. The van der Waals surface area contributed by atoms with Crippen LogP contribution in [0.25, 0.3) is 11.3 Å². The van der Waals surface area contributed by atoms with Gasteiger partial charge in [-0.2, -0.15) is 5.26 Å². The Balaban J connectivity index is 2.57. The van der Waals surface area contributed by atoms with Crippen LogP contribution in [0.2, 0.25) is 0 Å². The summed E-state index contributed by atoms with van der Waals surface area (Å²) in [5.41, 5.74) is 2.35. The maximum Gasteiger partial charge on any atom is 0.143 e. The minimum atomic E-state index is 0.182. The second-order valence-corrected chi connectivity index (χ2v) is 4.21. The van der Waals surface area contributed by atoms with E-state index in [0.717, 1.165) is 22.7 Å². The van der Waals surface area contributed by atoms with E-state index in [2.05, 4.69) is 16.0 Å². The van der Waals surface area contributed by atoms with Gasteiger partial charge in [-0.05, 0) is 31.2 Å². The number of hydrogen-bond acceptors (Lipinski definition) is 5. The van der Waals surface area contributed by atoms with Gasteiger partial charge < -0.3 is 9.47 Å². The van der Waals surface area contributed by atoms with E-state index >= 15 is 0 Å². The second kappa shape index (κ2) is 6.02. The van der Waals surface area contributed by atoms with E-state index in [1.807, 2.05) is 31.2 Å². The molecule has 0 bridgehead atoms. The van der Waals surface area contributed by atoms with Gasteiger partial charge in [0.25, 0.3) is 0 Å². The van der Waals surface area contributed by atoms with E-state index in [4.69, 9.17) is 14.7 Å². The molecule has 0 unspecified atom stereocenters. The van der Waals surface area contributed by atoms with Gasteiger partial charge in [-0.15, -0.1) is 0 Å².